The number of ether oxygens (including phenoxy) is 1. The van der Waals surface area contributed by atoms with Crippen LogP contribution in [0.1, 0.15) is 25.8 Å². The molecule has 0 amide bonds. The molecule has 0 saturated carbocycles. The van der Waals surface area contributed by atoms with Crippen LogP contribution in [0.2, 0.25) is 0 Å². The third kappa shape index (κ3) is 3.81. The number of rotatable bonds is 6. The van der Waals surface area contributed by atoms with Crippen LogP contribution < -0.4 is 10.1 Å². The van der Waals surface area contributed by atoms with E-state index in [4.69, 9.17) is 4.74 Å². The summed E-state index contributed by atoms with van der Waals surface area (Å²) in [6, 6.07) is 4.64. The van der Waals surface area contributed by atoms with Crippen LogP contribution in [0.5, 0.6) is 5.75 Å². The molecule has 0 spiro atoms. The molecule has 2 nitrogen and oxygen atoms in total. The normalized spacial score (nSPS) is 12.5. The summed E-state index contributed by atoms with van der Waals surface area (Å²) in [5.41, 5.74) is 0.969. The van der Waals surface area contributed by atoms with Gasteiger partial charge in [0.05, 0.1) is 0 Å². The molecule has 1 aromatic carbocycles. The molecule has 1 unspecified atom stereocenters. The number of likely N-dealkylation sites (N-methyl/N-ethyl adjacent to an activating group) is 1. The van der Waals surface area contributed by atoms with Gasteiger partial charge in [-0.2, -0.15) is 0 Å². The second-order valence-corrected chi connectivity index (χ2v) is 3.87. The largest absolute Gasteiger partial charge is 0.489 e. The summed E-state index contributed by atoms with van der Waals surface area (Å²) in [7, 11) is 0. The van der Waals surface area contributed by atoms with E-state index in [1.165, 1.54) is 12.1 Å². The van der Waals surface area contributed by atoms with Crippen molar-refractivity contribution >= 4 is 0 Å². The van der Waals surface area contributed by atoms with Crippen molar-refractivity contribution in [3.63, 3.8) is 0 Å². The Morgan fingerprint density at radius 1 is 1.38 bits per heavy atom. The molecule has 0 bridgehead atoms. The molecule has 0 fully saturated rings. The van der Waals surface area contributed by atoms with Gasteiger partial charge in [0.1, 0.15) is 17.7 Å². The Hall–Kier alpha value is -1.09. The highest BCUT2D eigenvalue weighted by atomic mass is 19.1. The minimum Gasteiger partial charge on any atom is -0.489 e. The number of benzene rings is 1. The lowest BCUT2D eigenvalue weighted by atomic mass is 10.2. The lowest BCUT2D eigenvalue weighted by Gasteiger charge is -2.19. The fourth-order valence-electron chi connectivity index (χ4n) is 1.46. The maximum Gasteiger partial charge on any atom is 0.126 e. The number of nitrogens with one attached hydrogen (secondary N) is 1. The second kappa shape index (κ2) is 6.48. The highest BCUT2D eigenvalue weighted by Gasteiger charge is 2.09. The predicted molar refractivity (Wildman–Crippen MR) is 64.4 cm³/mol. The van der Waals surface area contributed by atoms with Crippen molar-refractivity contribution in [2.24, 2.45) is 0 Å². The van der Waals surface area contributed by atoms with E-state index in [0.717, 1.165) is 25.1 Å². The van der Waals surface area contributed by atoms with Crippen LogP contribution >= 0.6 is 0 Å². The Kier molecular flexibility index (Phi) is 5.26. The number of aryl methyl sites for hydroxylation is 1. The highest BCUT2D eigenvalue weighted by molar-refractivity contribution is 5.32. The lowest BCUT2D eigenvalue weighted by molar-refractivity contribution is 0.192. The third-order valence-electron chi connectivity index (χ3n) is 2.52. The van der Waals surface area contributed by atoms with Crippen molar-refractivity contribution in [2.45, 2.75) is 33.3 Å². The molecule has 0 aliphatic heterocycles. The average Bonchev–Trinajstić information content (AvgIpc) is 2.28. The van der Waals surface area contributed by atoms with Crippen LogP contribution in [0.15, 0.2) is 18.2 Å². The van der Waals surface area contributed by atoms with Gasteiger partial charge in [0.2, 0.25) is 0 Å². The summed E-state index contributed by atoms with van der Waals surface area (Å²) in [5.74, 6) is 0.392. The average molecular weight is 225 g/mol. The summed E-state index contributed by atoms with van der Waals surface area (Å²) < 4.78 is 18.8. The molecule has 0 aliphatic carbocycles. The topological polar surface area (TPSA) is 21.3 Å². The molecule has 3 heteroatoms. The van der Waals surface area contributed by atoms with Gasteiger partial charge in [-0.25, -0.2) is 4.39 Å². The molecular weight excluding hydrogens is 205 g/mol. The molecule has 16 heavy (non-hydrogen) atoms. The Morgan fingerprint density at radius 3 is 2.75 bits per heavy atom. The first kappa shape index (κ1) is 13.0. The molecule has 0 saturated heterocycles. The van der Waals surface area contributed by atoms with E-state index >= 15 is 0 Å². The summed E-state index contributed by atoms with van der Waals surface area (Å²) in [6.07, 6.45) is 1.00. The van der Waals surface area contributed by atoms with E-state index in [-0.39, 0.29) is 11.9 Å². The van der Waals surface area contributed by atoms with Crippen molar-refractivity contribution in [2.75, 3.05) is 13.1 Å². The van der Waals surface area contributed by atoms with E-state index < -0.39 is 0 Å². The van der Waals surface area contributed by atoms with Gasteiger partial charge in [0, 0.05) is 12.6 Å². The zero-order valence-corrected chi connectivity index (χ0v) is 10.2. The van der Waals surface area contributed by atoms with E-state index in [0.29, 0.717) is 5.75 Å². The summed E-state index contributed by atoms with van der Waals surface area (Å²) in [4.78, 5) is 0. The zero-order valence-electron chi connectivity index (χ0n) is 10.2. The number of halogens is 1. The monoisotopic (exact) mass is 225 g/mol. The van der Waals surface area contributed by atoms with Gasteiger partial charge in [0.15, 0.2) is 0 Å². The van der Waals surface area contributed by atoms with Gasteiger partial charge in [-0.1, -0.05) is 19.9 Å². The van der Waals surface area contributed by atoms with E-state index in [9.17, 15) is 4.39 Å². The predicted octanol–water partition coefficient (Wildman–Crippen LogP) is 2.90. The van der Waals surface area contributed by atoms with Crippen molar-refractivity contribution in [3.05, 3.63) is 29.6 Å². The molecule has 0 radical (unpaired) electrons. The molecule has 0 aromatic heterocycles. The van der Waals surface area contributed by atoms with Gasteiger partial charge < -0.3 is 10.1 Å². The molecule has 1 rings (SSSR count). The van der Waals surface area contributed by atoms with Crippen molar-refractivity contribution in [3.8, 4) is 5.75 Å². The van der Waals surface area contributed by atoms with E-state index in [1.807, 2.05) is 6.92 Å². The van der Waals surface area contributed by atoms with Crippen molar-refractivity contribution in [1.82, 2.24) is 5.32 Å². The Morgan fingerprint density at radius 2 is 2.12 bits per heavy atom. The standard InChI is InChI=1S/C13H20FNO/c1-4-12(9-15-5-2)16-13-8-11(14)7-6-10(13)3/h6-8,12,15H,4-5,9H2,1-3H3. The van der Waals surface area contributed by atoms with Gasteiger partial charge in [-0.15, -0.1) is 0 Å². The van der Waals surface area contributed by atoms with Crippen LogP contribution in [0.3, 0.4) is 0 Å². The summed E-state index contributed by atoms with van der Waals surface area (Å²) in [5, 5.41) is 3.23. The maximum absolute atomic E-state index is 13.1. The lowest BCUT2D eigenvalue weighted by Crippen LogP contribution is -2.30. The molecule has 1 N–H and O–H groups in total. The van der Waals surface area contributed by atoms with Gasteiger partial charge in [-0.3, -0.25) is 0 Å². The summed E-state index contributed by atoms with van der Waals surface area (Å²) in [6.45, 7) is 7.76. The van der Waals surface area contributed by atoms with Gasteiger partial charge in [0.25, 0.3) is 0 Å². The molecule has 0 heterocycles. The Labute approximate surface area is 96.8 Å². The van der Waals surface area contributed by atoms with Crippen LogP contribution in [0, 0.1) is 12.7 Å². The molecule has 1 atom stereocenters. The smallest absolute Gasteiger partial charge is 0.126 e. The zero-order chi connectivity index (χ0) is 12.0. The highest BCUT2D eigenvalue weighted by Crippen LogP contribution is 2.20. The number of hydrogen-bond donors (Lipinski definition) is 1. The van der Waals surface area contributed by atoms with Gasteiger partial charge >= 0.3 is 0 Å². The van der Waals surface area contributed by atoms with E-state index in [1.54, 1.807) is 6.07 Å². The second-order valence-electron chi connectivity index (χ2n) is 3.87. The van der Waals surface area contributed by atoms with Crippen LogP contribution in [0.25, 0.3) is 0 Å². The quantitative estimate of drug-likeness (QED) is 0.803. The maximum atomic E-state index is 13.1. The van der Waals surface area contributed by atoms with Crippen LogP contribution in [0.4, 0.5) is 4.39 Å². The van der Waals surface area contributed by atoms with Gasteiger partial charge in [-0.05, 0) is 31.5 Å². The third-order valence-corrected chi connectivity index (χ3v) is 2.52. The minimum absolute atomic E-state index is 0.0976. The summed E-state index contributed by atoms with van der Waals surface area (Å²) >= 11 is 0. The first-order valence-corrected chi connectivity index (χ1v) is 5.80. The molecule has 90 valence electrons. The molecule has 1 aromatic rings. The van der Waals surface area contributed by atoms with Crippen molar-refractivity contribution in [1.29, 1.82) is 0 Å². The van der Waals surface area contributed by atoms with Crippen LogP contribution in [-0.4, -0.2) is 19.2 Å². The fourth-order valence-corrected chi connectivity index (χ4v) is 1.46. The molecular formula is C13H20FNO. The fraction of sp³-hybridized carbons (Fsp3) is 0.538. The van der Waals surface area contributed by atoms with E-state index in [2.05, 4.69) is 19.2 Å². The Balaban J connectivity index is 2.65. The first-order valence-electron chi connectivity index (χ1n) is 5.80. The molecule has 0 aliphatic rings. The minimum atomic E-state index is -0.251. The first-order chi connectivity index (χ1) is 7.67. The number of hydrogen-bond acceptors (Lipinski definition) is 2. The van der Waals surface area contributed by atoms with Crippen molar-refractivity contribution < 1.29 is 9.13 Å². The van der Waals surface area contributed by atoms with Crippen LogP contribution in [-0.2, 0) is 0 Å². The SMILES string of the molecule is CCNCC(CC)Oc1cc(F)ccc1C. The Bertz CT molecular complexity index is 328.